The molecule has 0 radical (unpaired) electrons. The zero-order valence-electron chi connectivity index (χ0n) is 18.9. The number of carbonyl (C=O) groups is 1. The Morgan fingerprint density at radius 3 is 2.41 bits per heavy atom. The van der Waals surface area contributed by atoms with Crippen LogP contribution in [0.1, 0.15) is 25.4 Å². The van der Waals surface area contributed by atoms with Crippen molar-refractivity contribution in [1.82, 2.24) is 9.21 Å². The largest absolute Gasteiger partial charge is 0.464 e. The van der Waals surface area contributed by atoms with Gasteiger partial charge in [0.1, 0.15) is 11.5 Å². The highest BCUT2D eigenvalue weighted by molar-refractivity contribution is 7.89. The fraction of sp³-hybridized carbons (Fsp3) is 0.375. The number of hydrogen-bond acceptors (Lipinski definition) is 5. The zero-order chi connectivity index (χ0) is 23.3. The molecular weight excluding hydrogens is 428 g/mol. The molecule has 3 aromatic rings. The summed E-state index contributed by atoms with van der Waals surface area (Å²) in [5.41, 5.74) is 0. The Morgan fingerprint density at radius 1 is 1.06 bits per heavy atom. The molecule has 0 N–H and O–H groups in total. The number of nitrogens with zero attached hydrogens (tertiary/aromatic N) is 2. The topological polar surface area (TPSA) is 80.1 Å². The summed E-state index contributed by atoms with van der Waals surface area (Å²) in [5, 5.41) is 1.79. The van der Waals surface area contributed by atoms with E-state index in [0.717, 1.165) is 16.5 Å². The van der Waals surface area contributed by atoms with E-state index in [4.69, 9.17) is 9.15 Å². The highest BCUT2D eigenvalue weighted by Crippen LogP contribution is 2.23. The summed E-state index contributed by atoms with van der Waals surface area (Å²) in [5.74, 6) is 1.08. The third kappa shape index (κ3) is 5.56. The molecule has 0 spiro atoms. The number of sulfonamides is 1. The number of benzene rings is 2. The van der Waals surface area contributed by atoms with Crippen molar-refractivity contribution in [3.8, 4) is 0 Å². The normalized spacial score (nSPS) is 12.1. The Labute approximate surface area is 189 Å². The highest BCUT2D eigenvalue weighted by atomic mass is 32.2. The molecule has 32 heavy (non-hydrogen) atoms. The second-order valence-electron chi connectivity index (χ2n) is 7.97. The van der Waals surface area contributed by atoms with Crippen molar-refractivity contribution < 1.29 is 22.4 Å². The zero-order valence-corrected chi connectivity index (χ0v) is 19.8. The molecule has 2 aromatic carbocycles. The van der Waals surface area contributed by atoms with Crippen LogP contribution in [0, 0.1) is 6.92 Å². The first kappa shape index (κ1) is 24.0. The van der Waals surface area contributed by atoms with Gasteiger partial charge in [-0.25, -0.2) is 8.42 Å². The molecule has 0 unspecified atom stereocenters. The molecule has 0 aliphatic heterocycles. The van der Waals surface area contributed by atoms with Crippen molar-refractivity contribution in [2.24, 2.45) is 0 Å². The lowest BCUT2D eigenvalue weighted by Gasteiger charge is -2.29. The maximum absolute atomic E-state index is 13.5. The molecular formula is C24H30N2O5S. The molecule has 0 saturated heterocycles. The summed E-state index contributed by atoms with van der Waals surface area (Å²) in [4.78, 5) is 14.9. The monoisotopic (exact) mass is 458 g/mol. The van der Waals surface area contributed by atoms with Crippen molar-refractivity contribution in [2.45, 2.75) is 38.3 Å². The van der Waals surface area contributed by atoms with Gasteiger partial charge in [-0.2, -0.15) is 4.31 Å². The van der Waals surface area contributed by atoms with E-state index in [1.54, 1.807) is 44.1 Å². The molecule has 8 heteroatoms. The van der Waals surface area contributed by atoms with E-state index in [0.29, 0.717) is 18.9 Å². The lowest BCUT2D eigenvalue weighted by Crippen LogP contribution is -2.46. The molecule has 0 fully saturated rings. The molecule has 7 nitrogen and oxygen atoms in total. The van der Waals surface area contributed by atoms with E-state index in [1.807, 2.05) is 43.3 Å². The molecule has 0 saturated carbocycles. The van der Waals surface area contributed by atoms with Crippen LogP contribution < -0.4 is 0 Å². The third-order valence-electron chi connectivity index (χ3n) is 5.26. The van der Waals surface area contributed by atoms with Crippen LogP contribution in [0.5, 0.6) is 0 Å². The number of carbonyl (C=O) groups excluding carboxylic acids is 1. The van der Waals surface area contributed by atoms with Gasteiger partial charge >= 0.3 is 0 Å². The van der Waals surface area contributed by atoms with Crippen LogP contribution in [-0.2, 0) is 26.1 Å². The molecule has 0 bridgehead atoms. The van der Waals surface area contributed by atoms with Gasteiger partial charge < -0.3 is 14.1 Å². The van der Waals surface area contributed by atoms with Crippen molar-refractivity contribution in [3.63, 3.8) is 0 Å². The molecule has 0 aliphatic carbocycles. The number of furan rings is 1. The lowest BCUT2D eigenvalue weighted by molar-refractivity contribution is -0.133. The van der Waals surface area contributed by atoms with Gasteiger partial charge in [-0.3, -0.25) is 4.79 Å². The smallest absolute Gasteiger partial charge is 0.243 e. The Kier molecular flexibility index (Phi) is 7.71. The summed E-state index contributed by atoms with van der Waals surface area (Å²) >= 11 is 0. The van der Waals surface area contributed by atoms with Gasteiger partial charge in [-0.05, 0) is 55.8 Å². The number of fused-ring (bicyclic) bond motifs is 1. The van der Waals surface area contributed by atoms with Gasteiger partial charge in [0.15, 0.2) is 0 Å². The SMILES string of the molecule is COCCN(Cc1ccc(C)o1)C(=O)CN(C(C)C)S(=O)(=O)c1ccc2ccccc2c1. The summed E-state index contributed by atoms with van der Waals surface area (Å²) in [6.45, 7) is 6.01. The fourth-order valence-electron chi connectivity index (χ4n) is 3.49. The van der Waals surface area contributed by atoms with E-state index >= 15 is 0 Å². The van der Waals surface area contributed by atoms with Crippen LogP contribution in [0.2, 0.25) is 0 Å². The minimum atomic E-state index is -3.88. The van der Waals surface area contributed by atoms with E-state index in [9.17, 15) is 13.2 Å². The van der Waals surface area contributed by atoms with Crippen molar-refractivity contribution in [1.29, 1.82) is 0 Å². The van der Waals surface area contributed by atoms with Gasteiger partial charge in [0, 0.05) is 19.7 Å². The summed E-state index contributed by atoms with van der Waals surface area (Å²) in [7, 11) is -2.32. The summed E-state index contributed by atoms with van der Waals surface area (Å²) in [6, 6.07) is 15.9. The van der Waals surface area contributed by atoms with Crippen LogP contribution in [0.4, 0.5) is 0 Å². The van der Waals surface area contributed by atoms with Gasteiger partial charge in [-0.15, -0.1) is 0 Å². The first-order valence-electron chi connectivity index (χ1n) is 10.5. The van der Waals surface area contributed by atoms with Gasteiger partial charge in [0.25, 0.3) is 0 Å². The lowest BCUT2D eigenvalue weighted by atomic mass is 10.1. The molecule has 1 amide bonds. The van der Waals surface area contributed by atoms with Gasteiger partial charge in [0.05, 0.1) is 24.6 Å². The van der Waals surface area contributed by atoms with Crippen LogP contribution in [0.3, 0.4) is 0 Å². The van der Waals surface area contributed by atoms with E-state index in [2.05, 4.69) is 0 Å². The molecule has 172 valence electrons. The second kappa shape index (κ2) is 10.3. The highest BCUT2D eigenvalue weighted by Gasteiger charge is 2.31. The summed E-state index contributed by atoms with van der Waals surface area (Å²) in [6.07, 6.45) is 0. The number of methoxy groups -OCH3 is 1. The Bertz CT molecular complexity index is 1170. The van der Waals surface area contributed by atoms with Crippen molar-refractivity contribution in [3.05, 3.63) is 66.1 Å². The van der Waals surface area contributed by atoms with Crippen LogP contribution >= 0.6 is 0 Å². The van der Waals surface area contributed by atoms with Crippen LogP contribution in [0.15, 0.2) is 63.9 Å². The van der Waals surface area contributed by atoms with E-state index in [1.165, 1.54) is 4.31 Å². The number of aryl methyl sites for hydroxylation is 1. The minimum Gasteiger partial charge on any atom is -0.464 e. The Hall–Kier alpha value is -2.68. The number of amides is 1. The third-order valence-corrected chi connectivity index (χ3v) is 7.27. The molecule has 0 aliphatic rings. The van der Waals surface area contributed by atoms with Crippen LogP contribution in [0.25, 0.3) is 10.8 Å². The fourth-order valence-corrected chi connectivity index (χ4v) is 5.12. The predicted molar refractivity (Wildman–Crippen MR) is 124 cm³/mol. The number of hydrogen-bond donors (Lipinski definition) is 0. The molecule has 1 aromatic heterocycles. The first-order chi connectivity index (χ1) is 15.2. The predicted octanol–water partition coefficient (Wildman–Crippen LogP) is 3.82. The quantitative estimate of drug-likeness (QED) is 0.461. The maximum atomic E-state index is 13.5. The standard InChI is InChI=1S/C24H30N2O5S/c1-18(2)26(32(28,29)23-12-10-20-7-5-6-8-21(20)15-23)17-24(27)25(13-14-30-4)16-22-11-9-19(3)31-22/h5-12,15,18H,13-14,16-17H2,1-4H3. The first-order valence-corrected chi connectivity index (χ1v) is 12.0. The van der Waals surface area contributed by atoms with Crippen molar-refractivity contribution >= 4 is 26.7 Å². The maximum Gasteiger partial charge on any atom is 0.243 e. The average molecular weight is 459 g/mol. The van der Waals surface area contributed by atoms with Gasteiger partial charge in [0.2, 0.25) is 15.9 Å². The minimum absolute atomic E-state index is 0.169. The Morgan fingerprint density at radius 2 is 1.78 bits per heavy atom. The summed E-state index contributed by atoms with van der Waals surface area (Å²) < 4.78 is 38.9. The van der Waals surface area contributed by atoms with Crippen molar-refractivity contribution in [2.75, 3.05) is 26.8 Å². The molecule has 3 rings (SSSR count). The average Bonchev–Trinajstić information content (AvgIpc) is 3.18. The van der Waals surface area contributed by atoms with Gasteiger partial charge in [-0.1, -0.05) is 30.3 Å². The second-order valence-corrected chi connectivity index (χ2v) is 9.86. The molecule has 1 heterocycles. The van der Waals surface area contributed by atoms with Crippen LogP contribution in [-0.4, -0.2) is 56.4 Å². The van der Waals surface area contributed by atoms with E-state index in [-0.39, 0.29) is 23.9 Å². The number of ether oxygens (including phenoxy) is 1. The van der Waals surface area contributed by atoms with E-state index < -0.39 is 16.1 Å². The molecule has 0 atom stereocenters. The number of rotatable bonds is 10. The Balaban J connectivity index is 1.85.